The Kier molecular flexibility index (Phi) is 11.5. The van der Waals surface area contributed by atoms with E-state index >= 15 is 0 Å². The lowest BCUT2D eigenvalue weighted by atomic mass is 9.92. The molecular weight excluding hydrogens is 636 g/mol. The molecule has 0 saturated carbocycles. The standard InChI is InChI=1S/C38H52N6O6/c1-4-5-25-50-37(47)39-29-18-21-41(22-19-29)20-15-27-16-23-42(24-17-27)31-7-6-8-32-35(31)40(2)38(48)44(32)33-13-14-34(45)43(36(33)46)26-28-9-11-30(49-3)12-10-28/h6-12,27,29,33H,4-5,13-26H2,1-3H3,(H,39,47). The molecule has 6 rings (SSSR count). The number of nitrogens with zero attached hydrogens (tertiary/aromatic N) is 5. The van der Waals surface area contributed by atoms with E-state index in [0.29, 0.717) is 24.7 Å². The Morgan fingerprint density at radius 2 is 1.68 bits per heavy atom. The smallest absolute Gasteiger partial charge is 0.407 e. The Balaban J connectivity index is 1.05. The van der Waals surface area contributed by atoms with Gasteiger partial charge in [0.1, 0.15) is 11.8 Å². The number of piperidine rings is 3. The molecule has 0 bridgehead atoms. The number of hydrogen-bond donors (Lipinski definition) is 1. The predicted molar refractivity (Wildman–Crippen MR) is 192 cm³/mol. The highest BCUT2D eigenvalue weighted by molar-refractivity contribution is 6.00. The van der Waals surface area contributed by atoms with Gasteiger partial charge in [0.05, 0.1) is 37.0 Å². The molecule has 3 aliphatic rings. The number of benzene rings is 2. The lowest BCUT2D eigenvalue weighted by Crippen LogP contribution is -2.47. The number of amides is 3. The van der Waals surface area contributed by atoms with Crippen LogP contribution in [0.15, 0.2) is 47.3 Å². The molecular formula is C38H52N6O6. The molecule has 3 aromatic rings. The molecule has 4 heterocycles. The van der Waals surface area contributed by atoms with Gasteiger partial charge in [-0.05, 0) is 87.2 Å². The van der Waals surface area contributed by atoms with E-state index in [0.717, 1.165) is 100.0 Å². The molecule has 0 spiro atoms. The summed E-state index contributed by atoms with van der Waals surface area (Å²) in [6, 6.07) is 12.7. The number of nitrogens with one attached hydrogen (secondary N) is 1. The van der Waals surface area contributed by atoms with Crippen molar-refractivity contribution in [3.05, 3.63) is 58.5 Å². The Hall–Kier alpha value is -4.32. The van der Waals surface area contributed by atoms with Gasteiger partial charge in [0.15, 0.2) is 0 Å². The van der Waals surface area contributed by atoms with Crippen LogP contribution >= 0.6 is 0 Å². The number of imide groups is 1. The number of fused-ring (bicyclic) bond motifs is 1. The number of para-hydroxylation sites is 1. The van der Waals surface area contributed by atoms with Crippen molar-refractivity contribution in [2.75, 3.05) is 51.3 Å². The third-order valence-electron chi connectivity index (χ3n) is 10.8. The lowest BCUT2D eigenvalue weighted by molar-refractivity contribution is -0.151. The largest absolute Gasteiger partial charge is 0.497 e. The van der Waals surface area contributed by atoms with Crippen LogP contribution in [0.25, 0.3) is 11.0 Å². The highest BCUT2D eigenvalue weighted by Gasteiger charge is 2.38. The summed E-state index contributed by atoms with van der Waals surface area (Å²) in [4.78, 5) is 58.8. The van der Waals surface area contributed by atoms with Crippen LogP contribution in [0, 0.1) is 5.92 Å². The van der Waals surface area contributed by atoms with Crippen LogP contribution in [0.2, 0.25) is 0 Å². The van der Waals surface area contributed by atoms with Gasteiger partial charge in [-0.15, -0.1) is 0 Å². The van der Waals surface area contributed by atoms with E-state index in [9.17, 15) is 19.2 Å². The van der Waals surface area contributed by atoms with E-state index < -0.39 is 6.04 Å². The minimum Gasteiger partial charge on any atom is -0.497 e. The van der Waals surface area contributed by atoms with Crippen LogP contribution in [-0.2, 0) is 27.9 Å². The number of likely N-dealkylation sites (tertiary alicyclic amines) is 2. The third-order valence-corrected chi connectivity index (χ3v) is 10.8. The maximum Gasteiger partial charge on any atom is 0.407 e. The van der Waals surface area contributed by atoms with Crippen molar-refractivity contribution in [1.82, 2.24) is 24.3 Å². The van der Waals surface area contributed by atoms with Crippen LogP contribution in [0.1, 0.15) is 76.3 Å². The summed E-state index contributed by atoms with van der Waals surface area (Å²) in [5.74, 6) is 0.773. The van der Waals surface area contributed by atoms with Gasteiger partial charge in [-0.1, -0.05) is 31.5 Å². The Morgan fingerprint density at radius 3 is 2.38 bits per heavy atom. The van der Waals surface area contributed by atoms with Gasteiger partial charge in [0.25, 0.3) is 5.91 Å². The fourth-order valence-corrected chi connectivity index (χ4v) is 7.76. The van der Waals surface area contributed by atoms with Gasteiger partial charge >= 0.3 is 11.8 Å². The number of ether oxygens (including phenoxy) is 2. The first-order chi connectivity index (χ1) is 24.3. The Bertz CT molecular complexity index is 1700. The molecule has 1 aromatic heterocycles. The zero-order chi connectivity index (χ0) is 35.2. The summed E-state index contributed by atoms with van der Waals surface area (Å²) < 4.78 is 13.8. The van der Waals surface area contributed by atoms with Crippen molar-refractivity contribution in [3.8, 4) is 5.75 Å². The molecule has 3 saturated heterocycles. The molecule has 0 radical (unpaired) electrons. The number of hydrogen-bond acceptors (Lipinski definition) is 8. The van der Waals surface area contributed by atoms with Gasteiger partial charge in [0.2, 0.25) is 5.91 Å². The molecule has 1 atom stereocenters. The average Bonchev–Trinajstić information content (AvgIpc) is 3.39. The quantitative estimate of drug-likeness (QED) is 0.212. The number of anilines is 1. The number of aryl methyl sites for hydroxylation is 1. The summed E-state index contributed by atoms with van der Waals surface area (Å²) in [6.07, 6.45) is 7.33. The lowest BCUT2D eigenvalue weighted by Gasteiger charge is -2.36. The third kappa shape index (κ3) is 7.85. The second-order valence-electron chi connectivity index (χ2n) is 14.0. The van der Waals surface area contributed by atoms with Crippen molar-refractivity contribution in [1.29, 1.82) is 0 Å². The molecule has 3 amide bonds. The maximum absolute atomic E-state index is 13.8. The van der Waals surface area contributed by atoms with Gasteiger partial charge in [0, 0.05) is 45.7 Å². The SMILES string of the molecule is CCCCOC(=O)NC1CCN(CCC2CCN(c3cccc4c3n(C)c(=O)n4C3CCC(=O)N(Cc4ccc(OC)cc4)C3=O)CC2)CC1. The van der Waals surface area contributed by atoms with Crippen LogP contribution in [0.3, 0.4) is 0 Å². The summed E-state index contributed by atoms with van der Waals surface area (Å²) in [6.45, 7) is 7.57. The molecule has 1 unspecified atom stereocenters. The van der Waals surface area contributed by atoms with Gasteiger partial charge < -0.3 is 24.6 Å². The maximum atomic E-state index is 13.8. The number of alkyl carbamates (subject to hydrolysis) is 1. The van der Waals surface area contributed by atoms with Crippen LogP contribution in [-0.4, -0.2) is 89.3 Å². The number of carbonyl (C=O) groups is 3. The second-order valence-corrected chi connectivity index (χ2v) is 14.0. The van der Waals surface area contributed by atoms with Crippen LogP contribution < -0.4 is 20.6 Å². The molecule has 12 heteroatoms. The predicted octanol–water partition coefficient (Wildman–Crippen LogP) is 4.84. The van der Waals surface area contributed by atoms with Gasteiger partial charge in [-0.25, -0.2) is 9.59 Å². The number of methoxy groups -OCH3 is 1. The molecule has 12 nitrogen and oxygen atoms in total. The van der Waals surface area contributed by atoms with Crippen molar-refractivity contribution in [2.45, 2.75) is 83.3 Å². The number of carbonyl (C=O) groups excluding carboxylic acids is 3. The van der Waals surface area contributed by atoms with E-state index in [1.54, 1.807) is 23.3 Å². The van der Waals surface area contributed by atoms with Crippen LogP contribution in [0.5, 0.6) is 5.75 Å². The molecule has 2 aromatic carbocycles. The second kappa shape index (κ2) is 16.1. The highest BCUT2D eigenvalue weighted by atomic mass is 16.5. The first-order valence-corrected chi connectivity index (χ1v) is 18.3. The fraction of sp³-hybridized carbons (Fsp3) is 0.579. The van der Waals surface area contributed by atoms with Crippen molar-refractivity contribution in [2.24, 2.45) is 13.0 Å². The Morgan fingerprint density at radius 1 is 0.940 bits per heavy atom. The molecule has 1 N–H and O–H groups in total. The number of rotatable bonds is 12. The molecule has 3 fully saturated rings. The number of unbranched alkanes of at least 4 members (excludes halogenated alkanes) is 1. The van der Waals surface area contributed by atoms with Gasteiger partial charge in [-0.3, -0.25) is 23.6 Å². The van der Waals surface area contributed by atoms with Crippen molar-refractivity contribution >= 4 is 34.6 Å². The van der Waals surface area contributed by atoms with E-state index in [4.69, 9.17) is 9.47 Å². The minimum atomic E-state index is -0.747. The van der Waals surface area contributed by atoms with Crippen LogP contribution in [0.4, 0.5) is 10.5 Å². The normalized spacial score (nSPS) is 19.7. The van der Waals surface area contributed by atoms with E-state index in [-0.39, 0.29) is 42.6 Å². The molecule has 50 heavy (non-hydrogen) atoms. The first kappa shape index (κ1) is 35.5. The Labute approximate surface area is 294 Å². The first-order valence-electron chi connectivity index (χ1n) is 18.3. The fourth-order valence-electron chi connectivity index (χ4n) is 7.76. The van der Waals surface area contributed by atoms with Crippen molar-refractivity contribution in [3.63, 3.8) is 0 Å². The summed E-state index contributed by atoms with van der Waals surface area (Å²) in [7, 11) is 3.37. The zero-order valence-corrected chi connectivity index (χ0v) is 29.8. The van der Waals surface area contributed by atoms with Gasteiger partial charge in [-0.2, -0.15) is 0 Å². The molecule has 3 aliphatic heterocycles. The average molecular weight is 689 g/mol. The van der Waals surface area contributed by atoms with E-state index in [1.807, 2.05) is 36.4 Å². The monoisotopic (exact) mass is 688 g/mol. The highest BCUT2D eigenvalue weighted by Crippen LogP contribution is 2.34. The summed E-state index contributed by atoms with van der Waals surface area (Å²) >= 11 is 0. The van der Waals surface area contributed by atoms with Crippen molar-refractivity contribution < 1.29 is 23.9 Å². The number of aromatic nitrogens is 2. The molecule has 0 aliphatic carbocycles. The zero-order valence-electron chi connectivity index (χ0n) is 29.8. The molecule has 270 valence electrons. The summed E-state index contributed by atoms with van der Waals surface area (Å²) in [5, 5.41) is 3.03. The van der Waals surface area contributed by atoms with E-state index in [1.165, 1.54) is 4.90 Å². The van der Waals surface area contributed by atoms with E-state index in [2.05, 4.69) is 28.1 Å². The summed E-state index contributed by atoms with van der Waals surface area (Å²) in [5.41, 5.74) is 3.14. The number of imidazole rings is 1. The minimum absolute atomic E-state index is 0.156. The topological polar surface area (TPSA) is 118 Å².